The highest BCUT2D eigenvalue weighted by Crippen LogP contribution is 2.28. The number of likely N-dealkylation sites (N-methyl/N-ethyl adjacent to an activating group) is 1. The largest absolute Gasteiger partial charge is 0.484 e. The van der Waals surface area contributed by atoms with Gasteiger partial charge in [0.1, 0.15) is 17.5 Å². The highest BCUT2D eigenvalue weighted by Gasteiger charge is 2.26. The molecule has 1 aliphatic carbocycles. The maximum Gasteiger partial charge on any atom is 0.287 e. The van der Waals surface area contributed by atoms with E-state index in [9.17, 15) is 4.79 Å². The number of ether oxygens (including phenoxy) is 1. The van der Waals surface area contributed by atoms with Gasteiger partial charge < -0.3 is 19.8 Å². The Bertz CT molecular complexity index is 1010. The molecule has 2 atom stereocenters. The Hall–Kier alpha value is -3.19. The van der Waals surface area contributed by atoms with Crippen LogP contribution in [0.15, 0.2) is 59.4 Å². The molecule has 4 rings (SSSR count). The molecule has 1 fully saturated rings. The van der Waals surface area contributed by atoms with Gasteiger partial charge in [-0.25, -0.2) is 4.98 Å². The van der Waals surface area contributed by atoms with E-state index in [2.05, 4.69) is 20.6 Å². The van der Waals surface area contributed by atoms with Gasteiger partial charge in [0.2, 0.25) is 0 Å². The van der Waals surface area contributed by atoms with Gasteiger partial charge in [-0.3, -0.25) is 9.78 Å². The number of nitrogens with one attached hydrogen (secondary N) is 2. The summed E-state index contributed by atoms with van der Waals surface area (Å²) in [5.41, 5.74) is 1.69. The molecule has 0 bridgehead atoms. The van der Waals surface area contributed by atoms with Crippen LogP contribution in [-0.2, 0) is 0 Å². The van der Waals surface area contributed by atoms with Gasteiger partial charge in [-0.2, -0.15) is 0 Å². The molecule has 3 heterocycles. The SMILES string of the molecule is CNCC(NC(=O)c1ccc(-c2ccc(OC(C)c3ccncc3)cn2)o1)C1CCCCC1. The van der Waals surface area contributed by atoms with Gasteiger partial charge in [0, 0.05) is 25.0 Å². The maximum atomic E-state index is 12.8. The second-order valence-corrected chi connectivity index (χ2v) is 8.62. The first-order chi connectivity index (χ1) is 16.1. The number of aromatic nitrogens is 2. The fourth-order valence-corrected chi connectivity index (χ4v) is 4.43. The van der Waals surface area contributed by atoms with Crippen LogP contribution in [0.2, 0.25) is 0 Å². The lowest BCUT2D eigenvalue weighted by Crippen LogP contribution is -2.46. The molecular formula is C26H32N4O3. The van der Waals surface area contributed by atoms with E-state index in [1.165, 1.54) is 19.3 Å². The van der Waals surface area contributed by atoms with E-state index < -0.39 is 0 Å². The Morgan fingerprint density at radius 2 is 1.91 bits per heavy atom. The first kappa shape index (κ1) is 23.0. The van der Waals surface area contributed by atoms with Crippen molar-refractivity contribution in [3.05, 3.63) is 66.3 Å². The smallest absolute Gasteiger partial charge is 0.287 e. The number of carbonyl (C=O) groups is 1. The summed E-state index contributed by atoms with van der Waals surface area (Å²) < 4.78 is 11.8. The van der Waals surface area contributed by atoms with Crippen LogP contribution in [0.1, 0.15) is 61.3 Å². The molecule has 2 unspecified atom stereocenters. The van der Waals surface area contributed by atoms with E-state index in [-0.39, 0.29) is 18.1 Å². The molecule has 0 saturated heterocycles. The maximum absolute atomic E-state index is 12.8. The Kier molecular flexibility index (Phi) is 7.73. The molecular weight excluding hydrogens is 416 g/mol. The number of hydrogen-bond donors (Lipinski definition) is 2. The van der Waals surface area contributed by atoms with Crippen LogP contribution in [0, 0.1) is 5.92 Å². The number of carbonyl (C=O) groups excluding carboxylic acids is 1. The third-order valence-corrected chi connectivity index (χ3v) is 6.27. The summed E-state index contributed by atoms with van der Waals surface area (Å²) >= 11 is 0. The van der Waals surface area contributed by atoms with E-state index in [0.717, 1.165) is 24.9 Å². The highest BCUT2D eigenvalue weighted by molar-refractivity contribution is 5.92. The van der Waals surface area contributed by atoms with Crippen LogP contribution >= 0.6 is 0 Å². The van der Waals surface area contributed by atoms with Crippen LogP contribution in [0.4, 0.5) is 0 Å². The summed E-state index contributed by atoms with van der Waals surface area (Å²) in [4.78, 5) is 21.3. The van der Waals surface area contributed by atoms with E-state index in [1.807, 2.05) is 38.2 Å². The zero-order valence-corrected chi connectivity index (χ0v) is 19.3. The number of amides is 1. The first-order valence-electron chi connectivity index (χ1n) is 11.7. The fourth-order valence-electron chi connectivity index (χ4n) is 4.43. The quantitative estimate of drug-likeness (QED) is 0.490. The summed E-state index contributed by atoms with van der Waals surface area (Å²) in [5, 5.41) is 6.39. The van der Waals surface area contributed by atoms with E-state index in [0.29, 0.717) is 28.9 Å². The molecule has 7 heteroatoms. The van der Waals surface area contributed by atoms with E-state index in [4.69, 9.17) is 9.15 Å². The topological polar surface area (TPSA) is 89.3 Å². The van der Waals surface area contributed by atoms with Gasteiger partial charge in [-0.15, -0.1) is 0 Å². The van der Waals surface area contributed by atoms with E-state index in [1.54, 1.807) is 30.7 Å². The number of rotatable bonds is 9. The summed E-state index contributed by atoms with van der Waals surface area (Å²) in [6.07, 6.45) is 11.1. The summed E-state index contributed by atoms with van der Waals surface area (Å²) in [5.74, 6) is 1.84. The van der Waals surface area contributed by atoms with Crippen molar-refractivity contribution in [2.75, 3.05) is 13.6 Å². The molecule has 3 aromatic rings. The zero-order chi connectivity index (χ0) is 23.0. The van der Waals surface area contributed by atoms with Crippen molar-refractivity contribution >= 4 is 5.91 Å². The van der Waals surface area contributed by atoms with Gasteiger partial charge in [0.25, 0.3) is 5.91 Å². The van der Waals surface area contributed by atoms with Gasteiger partial charge in [0.05, 0.1) is 6.20 Å². The minimum Gasteiger partial charge on any atom is -0.484 e. The Morgan fingerprint density at radius 1 is 1.12 bits per heavy atom. The molecule has 2 N–H and O–H groups in total. The number of furan rings is 1. The third kappa shape index (κ3) is 5.99. The molecule has 3 aromatic heterocycles. The predicted octanol–water partition coefficient (Wildman–Crippen LogP) is 4.77. The summed E-state index contributed by atoms with van der Waals surface area (Å²) in [6.45, 7) is 2.74. The van der Waals surface area contributed by atoms with Crippen molar-refractivity contribution in [1.29, 1.82) is 0 Å². The molecule has 33 heavy (non-hydrogen) atoms. The van der Waals surface area contributed by atoms with Crippen molar-refractivity contribution < 1.29 is 13.9 Å². The molecule has 0 aromatic carbocycles. The van der Waals surface area contributed by atoms with Crippen LogP contribution in [0.25, 0.3) is 11.5 Å². The molecule has 174 valence electrons. The molecule has 0 spiro atoms. The van der Waals surface area contributed by atoms with Crippen LogP contribution in [-0.4, -0.2) is 35.5 Å². The minimum absolute atomic E-state index is 0.105. The normalized spacial score (nSPS) is 16.2. The van der Waals surface area contributed by atoms with Gasteiger partial charge in [-0.1, -0.05) is 19.3 Å². The molecule has 1 amide bonds. The third-order valence-electron chi connectivity index (χ3n) is 6.27. The lowest BCUT2D eigenvalue weighted by atomic mass is 9.83. The number of nitrogens with zero attached hydrogens (tertiary/aromatic N) is 2. The minimum atomic E-state index is -0.182. The fraction of sp³-hybridized carbons (Fsp3) is 0.423. The lowest BCUT2D eigenvalue weighted by molar-refractivity contribution is 0.0885. The molecule has 0 radical (unpaired) electrons. The van der Waals surface area contributed by atoms with Gasteiger partial charge in [-0.05, 0) is 74.7 Å². The number of hydrogen-bond acceptors (Lipinski definition) is 6. The molecule has 1 aliphatic rings. The molecule has 0 aliphatic heterocycles. The van der Waals surface area contributed by atoms with Crippen molar-refractivity contribution in [2.45, 2.75) is 51.2 Å². The van der Waals surface area contributed by atoms with Gasteiger partial charge in [0.15, 0.2) is 11.5 Å². The average molecular weight is 449 g/mol. The second-order valence-electron chi connectivity index (χ2n) is 8.62. The Labute approximate surface area is 195 Å². The molecule has 1 saturated carbocycles. The van der Waals surface area contributed by atoms with Crippen LogP contribution < -0.4 is 15.4 Å². The highest BCUT2D eigenvalue weighted by atomic mass is 16.5. The second kappa shape index (κ2) is 11.1. The van der Waals surface area contributed by atoms with Crippen molar-refractivity contribution in [1.82, 2.24) is 20.6 Å². The van der Waals surface area contributed by atoms with Crippen LogP contribution in [0.5, 0.6) is 5.75 Å². The average Bonchev–Trinajstić information content (AvgIpc) is 3.36. The van der Waals surface area contributed by atoms with Gasteiger partial charge >= 0.3 is 0 Å². The molecule has 7 nitrogen and oxygen atoms in total. The number of pyridine rings is 2. The Balaban J connectivity index is 1.38. The standard InChI is InChI=1S/C26H32N4O3/c1-18(19-12-14-28-15-13-19)32-21-8-9-22(29-16-21)24-10-11-25(33-24)26(31)30-23(17-27-2)20-6-4-3-5-7-20/h8-16,18,20,23,27H,3-7,17H2,1-2H3,(H,30,31). The monoisotopic (exact) mass is 448 g/mol. The van der Waals surface area contributed by atoms with Crippen molar-refractivity contribution in [3.63, 3.8) is 0 Å². The Morgan fingerprint density at radius 3 is 2.61 bits per heavy atom. The van der Waals surface area contributed by atoms with Crippen molar-refractivity contribution in [3.8, 4) is 17.2 Å². The summed E-state index contributed by atoms with van der Waals surface area (Å²) in [6, 6.07) is 11.1. The lowest BCUT2D eigenvalue weighted by Gasteiger charge is -2.30. The van der Waals surface area contributed by atoms with E-state index >= 15 is 0 Å². The predicted molar refractivity (Wildman–Crippen MR) is 127 cm³/mol. The summed E-state index contributed by atoms with van der Waals surface area (Å²) in [7, 11) is 1.92. The zero-order valence-electron chi connectivity index (χ0n) is 19.3. The van der Waals surface area contributed by atoms with Crippen LogP contribution in [0.3, 0.4) is 0 Å². The first-order valence-corrected chi connectivity index (χ1v) is 11.7. The van der Waals surface area contributed by atoms with Crippen molar-refractivity contribution in [2.24, 2.45) is 5.92 Å².